The third-order valence-electron chi connectivity index (χ3n) is 3.27. The summed E-state index contributed by atoms with van der Waals surface area (Å²) in [5, 5.41) is 9.58. The van der Waals surface area contributed by atoms with Crippen molar-refractivity contribution in [2.24, 2.45) is 0 Å². The molecule has 1 aromatic carbocycles. The number of esters is 1. The monoisotopic (exact) mass is 258 g/mol. The first kappa shape index (κ1) is 13.1. The van der Waals surface area contributed by atoms with E-state index in [-0.39, 0.29) is 6.42 Å². The van der Waals surface area contributed by atoms with E-state index in [1.54, 1.807) is 42.5 Å². The number of methoxy groups -OCH3 is 1. The molecule has 0 fully saturated rings. The molecule has 4 heteroatoms. The lowest BCUT2D eigenvalue weighted by atomic mass is 9.73. The largest absolute Gasteiger partial charge is 0.480 e. The molecule has 1 unspecified atom stereocenters. The van der Waals surface area contributed by atoms with Crippen molar-refractivity contribution < 1.29 is 19.4 Å². The van der Waals surface area contributed by atoms with Crippen LogP contribution in [0.4, 0.5) is 0 Å². The number of benzene rings is 1. The predicted molar refractivity (Wildman–Crippen MR) is 69.6 cm³/mol. The molecule has 1 aliphatic carbocycles. The van der Waals surface area contributed by atoms with Gasteiger partial charge in [0.05, 0.1) is 7.11 Å². The molecule has 0 aromatic heterocycles. The average Bonchev–Trinajstić information content (AvgIpc) is 2.47. The summed E-state index contributed by atoms with van der Waals surface area (Å²) in [6.45, 7) is 0. The van der Waals surface area contributed by atoms with E-state index in [9.17, 15) is 14.7 Å². The van der Waals surface area contributed by atoms with E-state index in [2.05, 4.69) is 4.74 Å². The van der Waals surface area contributed by atoms with Crippen LogP contribution in [-0.4, -0.2) is 24.2 Å². The number of carboxylic acids is 1. The molecule has 1 aromatic rings. The minimum atomic E-state index is -1.21. The Kier molecular flexibility index (Phi) is 3.51. The topological polar surface area (TPSA) is 63.6 Å². The smallest absolute Gasteiger partial charge is 0.333 e. The average molecular weight is 258 g/mol. The van der Waals surface area contributed by atoms with Crippen LogP contribution in [0.5, 0.6) is 0 Å². The lowest BCUT2D eigenvalue weighted by molar-refractivity contribution is -0.142. The number of carbonyl (C=O) groups is 2. The highest BCUT2D eigenvalue weighted by Crippen LogP contribution is 2.36. The summed E-state index contributed by atoms with van der Waals surface area (Å²) < 4.78 is 4.66. The Morgan fingerprint density at radius 2 is 1.95 bits per heavy atom. The van der Waals surface area contributed by atoms with Gasteiger partial charge in [-0.2, -0.15) is 0 Å². The molecular formula is C15H14O4. The number of carbonyl (C=O) groups excluding carboxylic acids is 1. The molecule has 0 saturated heterocycles. The first-order valence-corrected chi connectivity index (χ1v) is 5.86. The predicted octanol–water partition coefficient (Wildman–Crippen LogP) is 2.07. The van der Waals surface area contributed by atoms with Gasteiger partial charge in [-0.25, -0.2) is 4.79 Å². The van der Waals surface area contributed by atoms with Gasteiger partial charge in [-0.15, -0.1) is 0 Å². The third-order valence-corrected chi connectivity index (χ3v) is 3.27. The van der Waals surface area contributed by atoms with E-state index in [0.717, 1.165) is 0 Å². The molecule has 0 radical (unpaired) electrons. The van der Waals surface area contributed by atoms with Crippen LogP contribution in [0.15, 0.2) is 54.1 Å². The first-order chi connectivity index (χ1) is 9.10. The number of ether oxygens (including phenoxy) is 1. The van der Waals surface area contributed by atoms with Gasteiger partial charge in [0.15, 0.2) is 0 Å². The van der Waals surface area contributed by atoms with Crippen LogP contribution >= 0.6 is 0 Å². The van der Waals surface area contributed by atoms with Gasteiger partial charge in [0, 0.05) is 12.0 Å². The van der Waals surface area contributed by atoms with Crippen molar-refractivity contribution in [3.8, 4) is 0 Å². The summed E-state index contributed by atoms with van der Waals surface area (Å²) in [5.74, 6) is -1.48. The Hall–Kier alpha value is -2.36. The minimum absolute atomic E-state index is 0.0928. The second kappa shape index (κ2) is 5.10. The summed E-state index contributed by atoms with van der Waals surface area (Å²) >= 11 is 0. The van der Waals surface area contributed by atoms with Crippen molar-refractivity contribution in [2.75, 3.05) is 7.11 Å². The summed E-state index contributed by atoms with van der Waals surface area (Å²) in [6, 6.07) is 8.88. The van der Waals surface area contributed by atoms with Crippen LogP contribution in [0.3, 0.4) is 0 Å². The van der Waals surface area contributed by atoms with Crippen molar-refractivity contribution in [3.05, 3.63) is 59.7 Å². The third kappa shape index (κ3) is 2.29. The van der Waals surface area contributed by atoms with E-state index in [0.29, 0.717) is 11.1 Å². The Bertz CT molecular complexity index is 557. The normalized spacial score (nSPS) is 21.6. The van der Waals surface area contributed by atoms with Gasteiger partial charge >= 0.3 is 11.9 Å². The van der Waals surface area contributed by atoms with Crippen molar-refractivity contribution in [1.29, 1.82) is 0 Å². The standard InChI is InChI=1S/C15H14O4/c1-19-13(16)11-6-5-9-15(10-11,14(17)18)12-7-3-2-4-8-12/h2-9H,10H2,1H3,(H,17,18). The highest BCUT2D eigenvalue weighted by Gasteiger charge is 2.41. The number of hydrogen-bond acceptors (Lipinski definition) is 3. The van der Waals surface area contributed by atoms with E-state index in [1.165, 1.54) is 7.11 Å². The Morgan fingerprint density at radius 1 is 1.26 bits per heavy atom. The molecule has 2 rings (SSSR count). The number of carboxylic acid groups (broad SMARTS) is 1. The number of rotatable bonds is 3. The zero-order valence-electron chi connectivity index (χ0n) is 10.5. The van der Waals surface area contributed by atoms with E-state index < -0.39 is 17.4 Å². The van der Waals surface area contributed by atoms with E-state index >= 15 is 0 Å². The first-order valence-electron chi connectivity index (χ1n) is 5.86. The molecule has 0 heterocycles. The van der Waals surface area contributed by atoms with Crippen LogP contribution in [0.1, 0.15) is 12.0 Å². The fraction of sp³-hybridized carbons (Fsp3) is 0.200. The summed E-state index contributed by atoms with van der Waals surface area (Å²) in [4.78, 5) is 23.3. The lowest BCUT2D eigenvalue weighted by Gasteiger charge is -2.29. The van der Waals surface area contributed by atoms with Gasteiger partial charge in [-0.3, -0.25) is 4.79 Å². The van der Waals surface area contributed by atoms with Gasteiger partial charge in [-0.1, -0.05) is 48.6 Å². The molecule has 1 N–H and O–H groups in total. The fourth-order valence-electron chi connectivity index (χ4n) is 2.22. The van der Waals surface area contributed by atoms with Crippen LogP contribution in [0, 0.1) is 0 Å². The fourth-order valence-corrected chi connectivity index (χ4v) is 2.22. The molecule has 1 atom stereocenters. The molecular weight excluding hydrogens is 244 g/mol. The zero-order chi connectivity index (χ0) is 13.9. The molecule has 0 bridgehead atoms. The van der Waals surface area contributed by atoms with Gasteiger partial charge in [0.25, 0.3) is 0 Å². The van der Waals surface area contributed by atoms with Crippen molar-refractivity contribution >= 4 is 11.9 Å². The molecule has 98 valence electrons. The van der Waals surface area contributed by atoms with Crippen LogP contribution in [0.25, 0.3) is 0 Å². The van der Waals surface area contributed by atoms with Crippen LogP contribution < -0.4 is 0 Å². The van der Waals surface area contributed by atoms with Crippen LogP contribution in [0.2, 0.25) is 0 Å². The Balaban J connectivity index is 2.45. The van der Waals surface area contributed by atoms with Gasteiger partial charge < -0.3 is 9.84 Å². The van der Waals surface area contributed by atoms with Crippen molar-refractivity contribution in [3.63, 3.8) is 0 Å². The highest BCUT2D eigenvalue weighted by molar-refractivity contribution is 5.93. The number of hydrogen-bond donors (Lipinski definition) is 1. The van der Waals surface area contributed by atoms with Gasteiger partial charge in [-0.05, 0) is 5.56 Å². The molecule has 0 amide bonds. The second-order valence-electron chi connectivity index (χ2n) is 4.36. The van der Waals surface area contributed by atoms with E-state index in [4.69, 9.17) is 0 Å². The van der Waals surface area contributed by atoms with Gasteiger partial charge in [0.1, 0.15) is 5.41 Å². The number of aliphatic carboxylic acids is 1. The van der Waals surface area contributed by atoms with Crippen LogP contribution in [-0.2, 0) is 19.7 Å². The maximum atomic E-state index is 11.7. The quantitative estimate of drug-likeness (QED) is 0.843. The second-order valence-corrected chi connectivity index (χ2v) is 4.36. The van der Waals surface area contributed by atoms with E-state index in [1.807, 2.05) is 6.07 Å². The minimum Gasteiger partial charge on any atom is -0.480 e. The summed E-state index contributed by atoms with van der Waals surface area (Å²) in [6.07, 6.45) is 4.89. The van der Waals surface area contributed by atoms with Gasteiger partial charge in [0.2, 0.25) is 0 Å². The maximum absolute atomic E-state index is 11.7. The molecule has 0 spiro atoms. The molecule has 0 aliphatic heterocycles. The lowest BCUT2D eigenvalue weighted by Crippen LogP contribution is -2.36. The van der Waals surface area contributed by atoms with Crippen molar-refractivity contribution in [2.45, 2.75) is 11.8 Å². The SMILES string of the molecule is COC(=O)C1=CC=CC(C(=O)O)(c2ccccc2)C1. The summed E-state index contributed by atoms with van der Waals surface area (Å²) in [5.41, 5.74) is -0.205. The maximum Gasteiger partial charge on any atom is 0.333 e. The molecule has 1 aliphatic rings. The Labute approximate surface area is 111 Å². The molecule has 19 heavy (non-hydrogen) atoms. The molecule has 0 saturated carbocycles. The highest BCUT2D eigenvalue weighted by atomic mass is 16.5. The number of allylic oxidation sites excluding steroid dienone is 2. The van der Waals surface area contributed by atoms with Crippen molar-refractivity contribution in [1.82, 2.24) is 0 Å². The zero-order valence-corrected chi connectivity index (χ0v) is 10.5. The Morgan fingerprint density at radius 3 is 2.53 bits per heavy atom. The molecule has 4 nitrogen and oxygen atoms in total. The summed E-state index contributed by atoms with van der Waals surface area (Å²) in [7, 11) is 1.28.